The van der Waals surface area contributed by atoms with E-state index >= 15 is 0 Å². The number of benzene rings is 2. The first-order valence-corrected chi connectivity index (χ1v) is 10.1. The van der Waals surface area contributed by atoms with Crippen LogP contribution in [-0.4, -0.2) is 23.2 Å². The summed E-state index contributed by atoms with van der Waals surface area (Å²) in [7, 11) is 1.61. The Balaban J connectivity index is 1.49. The molecule has 0 saturated carbocycles. The van der Waals surface area contributed by atoms with Crippen LogP contribution < -0.4 is 20.5 Å². The second-order valence-corrected chi connectivity index (χ2v) is 7.66. The van der Waals surface area contributed by atoms with Crippen molar-refractivity contribution in [2.24, 2.45) is 0 Å². The summed E-state index contributed by atoms with van der Waals surface area (Å²) >= 11 is 1.61. The minimum atomic E-state index is -0.520. The Morgan fingerprint density at radius 1 is 1.17 bits per heavy atom. The number of methoxy groups -OCH3 is 1. The summed E-state index contributed by atoms with van der Waals surface area (Å²) in [5.41, 5.74) is 8.47. The first-order valence-electron chi connectivity index (χ1n) is 9.24. The van der Waals surface area contributed by atoms with Gasteiger partial charge in [-0.2, -0.15) is 0 Å². The number of nitrogens with zero attached hydrogens (tertiary/aromatic N) is 2. The van der Waals surface area contributed by atoms with Crippen LogP contribution in [0.5, 0.6) is 11.5 Å². The predicted molar refractivity (Wildman–Crippen MR) is 118 cm³/mol. The number of anilines is 1. The zero-order valence-electron chi connectivity index (χ0n) is 16.5. The van der Waals surface area contributed by atoms with Crippen LogP contribution in [0.1, 0.15) is 11.1 Å². The number of fused-ring (bicyclic) bond motifs is 1. The largest absolute Gasteiger partial charge is 0.497 e. The summed E-state index contributed by atoms with van der Waals surface area (Å²) in [5, 5.41) is 3.76. The fourth-order valence-corrected chi connectivity index (χ4v) is 4.27. The molecule has 0 bridgehead atoms. The summed E-state index contributed by atoms with van der Waals surface area (Å²) in [4.78, 5) is 21.5. The molecule has 7 nitrogen and oxygen atoms in total. The smallest absolute Gasteiger partial charge is 0.412 e. The molecule has 3 N–H and O–H groups in total. The van der Waals surface area contributed by atoms with E-state index in [9.17, 15) is 4.79 Å². The molecule has 2 aromatic heterocycles. The highest BCUT2D eigenvalue weighted by molar-refractivity contribution is 7.22. The number of hydrogen-bond acceptors (Lipinski definition) is 7. The highest BCUT2D eigenvalue weighted by Gasteiger charge is 2.14. The molecule has 2 aromatic carbocycles. The topological polar surface area (TPSA) is 99.4 Å². The standard InChI is InChI=1S/C22H20N4O3S/c1-13-17-11-16(29-22(27)25-12-14-4-3-5-15(10-14)28-2)6-7-19(17)30-20(13)18-8-9-24-21(23)26-18/h3-11H,12H2,1-2H3,(H,25,27)(H2,23,24,26). The van der Waals surface area contributed by atoms with E-state index in [2.05, 4.69) is 15.3 Å². The molecule has 30 heavy (non-hydrogen) atoms. The van der Waals surface area contributed by atoms with Crippen LogP contribution >= 0.6 is 11.3 Å². The lowest BCUT2D eigenvalue weighted by Gasteiger charge is -2.08. The normalized spacial score (nSPS) is 10.7. The van der Waals surface area contributed by atoms with E-state index in [4.69, 9.17) is 15.2 Å². The summed E-state index contributed by atoms with van der Waals surface area (Å²) in [6.07, 6.45) is 1.12. The lowest BCUT2D eigenvalue weighted by atomic mass is 10.1. The molecule has 2 heterocycles. The number of ether oxygens (including phenoxy) is 2. The summed E-state index contributed by atoms with van der Waals surface area (Å²) in [5.74, 6) is 1.45. The van der Waals surface area contributed by atoms with E-state index in [0.717, 1.165) is 37.5 Å². The molecule has 8 heteroatoms. The zero-order chi connectivity index (χ0) is 21.1. The van der Waals surface area contributed by atoms with Gasteiger partial charge in [0.05, 0.1) is 17.7 Å². The van der Waals surface area contributed by atoms with Crippen molar-refractivity contribution in [3.63, 3.8) is 0 Å². The fourth-order valence-electron chi connectivity index (χ4n) is 3.11. The number of amides is 1. The van der Waals surface area contributed by atoms with E-state index in [-0.39, 0.29) is 5.95 Å². The van der Waals surface area contributed by atoms with Crippen molar-refractivity contribution in [1.82, 2.24) is 15.3 Å². The minimum Gasteiger partial charge on any atom is -0.497 e. The average molecular weight is 420 g/mol. The molecule has 0 aliphatic carbocycles. The third-order valence-corrected chi connectivity index (χ3v) is 5.89. The quantitative estimate of drug-likeness (QED) is 0.491. The van der Waals surface area contributed by atoms with Crippen LogP contribution in [0, 0.1) is 6.92 Å². The molecule has 0 atom stereocenters. The van der Waals surface area contributed by atoms with Gasteiger partial charge in [-0.1, -0.05) is 12.1 Å². The highest BCUT2D eigenvalue weighted by Crippen LogP contribution is 2.38. The number of rotatable bonds is 5. The maximum atomic E-state index is 12.2. The van der Waals surface area contributed by atoms with Crippen molar-refractivity contribution in [3.05, 3.63) is 65.9 Å². The van der Waals surface area contributed by atoms with Crippen molar-refractivity contribution >= 4 is 33.5 Å². The van der Waals surface area contributed by atoms with Gasteiger partial charge in [-0.15, -0.1) is 11.3 Å². The minimum absolute atomic E-state index is 0.237. The monoisotopic (exact) mass is 420 g/mol. The predicted octanol–water partition coefficient (Wildman–Crippen LogP) is 4.55. The number of aryl methyl sites for hydroxylation is 1. The van der Waals surface area contributed by atoms with Gasteiger partial charge in [0.2, 0.25) is 5.95 Å². The molecule has 0 spiro atoms. The number of nitrogens with one attached hydrogen (secondary N) is 1. The van der Waals surface area contributed by atoms with Crippen molar-refractivity contribution in [2.45, 2.75) is 13.5 Å². The highest BCUT2D eigenvalue weighted by atomic mass is 32.1. The Bertz CT molecular complexity index is 1220. The summed E-state index contributed by atoms with van der Waals surface area (Å²) in [6, 6.07) is 14.9. The molecule has 0 aliphatic heterocycles. The molecular formula is C22H20N4O3S. The maximum Gasteiger partial charge on any atom is 0.412 e. The number of aromatic nitrogens is 2. The van der Waals surface area contributed by atoms with Gasteiger partial charge in [0.25, 0.3) is 0 Å². The molecule has 0 unspecified atom stereocenters. The van der Waals surface area contributed by atoms with Gasteiger partial charge in [0.1, 0.15) is 11.5 Å². The number of nitrogen functional groups attached to an aromatic ring is 1. The zero-order valence-corrected chi connectivity index (χ0v) is 17.3. The van der Waals surface area contributed by atoms with E-state index in [1.54, 1.807) is 30.7 Å². The maximum absolute atomic E-state index is 12.2. The summed E-state index contributed by atoms with van der Waals surface area (Å²) < 4.78 is 11.7. The van der Waals surface area contributed by atoms with E-state index in [1.165, 1.54) is 0 Å². The first kappa shape index (κ1) is 19.7. The first-order chi connectivity index (χ1) is 14.5. The second-order valence-electron chi connectivity index (χ2n) is 6.61. The molecule has 0 fully saturated rings. The van der Waals surface area contributed by atoms with E-state index in [0.29, 0.717) is 12.3 Å². The van der Waals surface area contributed by atoms with Crippen LogP contribution in [0.15, 0.2) is 54.7 Å². The average Bonchev–Trinajstić information content (AvgIpc) is 3.08. The van der Waals surface area contributed by atoms with Crippen LogP contribution in [0.4, 0.5) is 10.7 Å². The van der Waals surface area contributed by atoms with Gasteiger partial charge >= 0.3 is 6.09 Å². The van der Waals surface area contributed by atoms with Gasteiger partial charge in [-0.05, 0) is 59.8 Å². The van der Waals surface area contributed by atoms with Gasteiger partial charge in [0.15, 0.2) is 0 Å². The van der Waals surface area contributed by atoms with Crippen molar-refractivity contribution < 1.29 is 14.3 Å². The molecule has 0 radical (unpaired) electrons. The number of nitrogens with two attached hydrogens (primary N) is 1. The molecule has 4 rings (SSSR count). The van der Waals surface area contributed by atoms with Gasteiger partial charge < -0.3 is 20.5 Å². The van der Waals surface area contributed by atoms with Crippen molar-refractivity contribution in [3.8, 4) is 22.1 Å². The van der Waals surface area contributed by atoms with Crippen LogP contribution in [0.3, 0.4) is 0 Å². The van der Waals surface area contributed by atoms with Crippen LogP contribution in [0.2, 0.25) is 0 Å². The molecule has 4 aromatic rings. The SMILES string of the molecule is COc1cccc(CNC(=O)Oc2ccc3sc(-c4ccnc(N)n4)c(C)c3c2)c1. The van der Waals surface area contributed by atoms with Crippen molar-refractivity contribution in [2.75, 3.05) is 12.8 Å². The van der Waals surface area contributed by atoms with Crippen molar-refractivity contribution in [1.29, 1.82) is 0 Å². The third-order valence-electron chi connectivity index (χ3n) is 4.60. The van der Waals surface area contributed by atoms with E-state index < -0.39 is 6.09 Å². The summed E-state index contributed by atoms with van der Waals surface area (Å²) in [6.45, 7) is 2.36. The number of carbonyl (C=O) groups excluding carboxylic acids is 1. The Morgan fingerprint density at radius 3 is 2.83 bits per heavy atom. The molecule has 0 aliphatic rings. The lowest BCUT2D eigenvalue weighted by molar-refractivity contribution is 0.200. The van der Waals surface area contributed by atoms with Crippen LogP contribution in [0.25, 0.3) is 20.7 Å². The number of thiophene rings is 1. The Morgan fingerprint density at radius 2 is 2.03 bits per heavy atom. The van der Waals surface area contributed by atoms with Gasteiger partial charge in [-0.25, -0.2) is 14.8 Å². The van der Waals surface area contributed by atoms with Gasteiger partial charge in [-0.3, -0.25) is 0 Å². The third kappa shape index (κ3) is 4.18. The van der Waals surface area contributed by atoms with Gasteiger partial charge in [0, 0.05) is 17.4 Å². The lowest BCUT2D eigenvalue weighted by Crippen LogP contribution is -2.26. The molecular weight excluding hydrogens is 400 g/mol. The Labute approximate surface area is 177 Å². The van der Waals surface area contributed by atoms with Crippen LogP contribution in [-0.2, 0) is 6.54 Å². The van der Waals surface area contributed by atoms with E-state index in [1.807, 2.05) is 49.4 Å². The second kappa shape index (κ2) is 8.38. The number of carbonyl (C=O) groups is 1. The number of hydrogen-bond donors (Lipinski definition) is 2. The molecule has 152 valence electrons. The molecule has 1 amide bonds. The Hall–Kier alpha value is -3.65. The Kier molecular flexibility index (Phi) is 5.49. The molecule has 0 saturated heterocycles. The fraction of sp³-hybridized carbons (Fsp3) is 0.136.